The Morgan fingerprint density at radius 2 is 1.90 bits per heavy atom. The van der Waals surface area contributed by atoms with Crippen molar-refractivity contribution in [2.45, 2.75) is 32.8 Å². The lowest BCUT2D eigenvalue weighted by molar-refractivity contribution is 0.0708. The normalized spacial score (nSPS) is 53.4. The molecule has 0 radical (unpaired) electrons. The van der Waals surface area contributed by atoms with Crippen molar-refractivity contribution in [1.82, 2.24) is 0 Å². The van der Waals surface area contributed by atoms with E-state index in [1.807, 2.05) is 0 Å². The molecule has 1 nitrogen and oxygen atoms in total. The molecule has 0 N–H and O–H groups in total. The summed E-state index contributed by atoms with van der Waals surface area (Å²) in [5.74, 6) is 2.56. The van der Waals surface area contributed by atoms with Gasteiger partial charge in [-0.2, -0.15) is 0 Å². The lowest BCUT2D eigenvalue weighted by atomic mass is 9.93. The van der Waals surface area contributed by atoms with Crippen molar-refractivity contribution in [3.05, 3.63) is 0 Å². The van der Waals surface area contributed by atoms with Gasteiger partial charge in [-0.05, 0) is 30.6 Å². The maximum absolute atomic E-state index is 5.70. The summed E-state index contributed by atoms with van der Waals surface area (Å²) in [7, 11) is 0. The zero-order valence-electron chi connectivity index (χ0n) is 6.84. The third-order valence-corrected chi connectivity index (χ3v) is 3.22. The molecule has 1 heteroatoms. The predicted molar refractivity (Wildman–Crippen MR) is 40.8 cm³/mol. The average Bonchev–Trinajstić information content (AvgIpc) is 2.41. The molecule has 4 atom stereocenters. The average molecular weight is 140 g/mol. The second-order valence-electron chi connectivity index (χ2n) is 3.99. The summed E-state index contributed by atoms with van der Waals surface area (Å²) in [4.78, 5) is 0. The molecule has 2 rings (SSSR count). The molecule has 2 aliphatic rings. The van der Waals surface area contributed by atoms with Crippen LogP contribution in [0.5, 0.6) is 0 Å². The van der Waals surface area contributed by atoms with E-state index in [0.29, 0.717) is 6.10 Å². The van der Waals surface area contributed by atoms with Gasteiger partial charge in [-0.15, -0.1) is 0 Å². The molecule has 1 heterocycles. The van der Waals surface area contributed by atoms with Gasteiger partial charge < -0.3 is 4.74 Å². The lowest BCUT2D eigenvalue weighted by Gasteiger charge is -2.13. The molecule has 58 valence electrons. The largest absolute Gasteiger partial charge is 0.377 e. The monoisotopic (exact) mass is 140 g/mol. The van der Waals surface area contributed by atoms with Gasteiger partial charge in [0.1, 0.15) is 0 Å². The summed E-state index contributed by atoms with van der Waals surface area (Å²) in [5.41, 5.74) is 0. The number of hydrogen-bond acceptors (Lipinski definition) is 1. The van der Waals surface area contributed by atoms with Gasteiger partial charge in [-0.1, -0.05) is 13.8 Å². The Morgan fingerprint density at radius 3 is 2.60 bits per heavy atom. The predicted octanol–water partition coefficient (Wildman–Crippen LogP) is 2.07. The maximum atomic E-state index is 5.70. The second-order valence-corrected chi connectivity index (χ2v) is 3.99. The molecule has 0 aromatic heterocycles. The van der Waals surface area contributed by atoms with E-state index >= 15 is 0 Å². The maximum Gasteiger partial charge on any atom is 0.0632 e. The van der Waals surface area contributed by atoms with E-state index in [1.54, 1.807) is 0 Å². The third kappa shape index (κ3) is 0.800. The number of fused-ring (bicyclic) bond motifs is 1. The van der Waals surface area contributed by atoms with Gasteiger partial charge in [0.2, 0.25) is 0 Å². The Bertz CT molecular complexity index is 117. The molecule has 0 bridgehead atoms. The molecule has 1 saturated carbocycles. The van der Waals surface area contributed by atoms with Crippen LogP contribution in [0.4, 0.5) is 0 Å². The molecule has 0 spiro atoms. The summed E-state index contributed by atoms with van der Waals surface area (Å²) in [6.07, 6.45) is 3.42. The quantitative estimate of drug-likeness (QED) is 0.500. The molecule has 0 aromatic carbocycles. The van der Waals surface area contributed by atoms with Crippen molar-refractivity contribution in [3.63, 3.8) is 0 Å². The Labute approximate surface area is 62.8 Å². The second kappa shape index (κ2) is 2.23. The Balaban J connectivity index is 2.09. The highest BCUT2D eigenvalue weighted by Crippen LogP contribution is 2.42. The molecular weight excluding hydrogens is 124 g/mol. The van der Waals surface area contributed by atoms with Crippen LogP contribution in [0.3, 0.4) is 0 Å². The van der Waals surface area contributed by atoms with Crippen molar-refractivity contribution < 1.29 is 4.74 Å². The van der Waals surface area contributed by atoms with E-state index in [1.165, 1.54) is 12.8 Å². The molecule has 0 aromatic rings. The minimum Gasteiger partial charge on any atom is -0.377 e. The van der Waals surface area contributed by atoms with E-state index < -0.39 is 0 Å². The fourth-order valence-corrected chi connectivity index (χ4v) is 2.49. The van der Waals surface area contributed by atoms with Crippen molar-refractivity contribution >= 4 is 0 Å². The van der Waals surface area contributed by atoms with Gasteiger partial charge in [0.05, 0.1) is 6.10 Å². The van der Waals surface area contributed by atoms with Gasteiger partial charge in [-0.3, -0.25) is 0 Å². The van der Waals surface area contributed by atoms with E-state index in [4.69, 9.17) is 4.74 Å². The zero-order valence-corrected chi connectivity index (χ0v) is 6.84. The molecule has 1 saturated heterocycles. The Hall–Kier alpha value is -0.0400. The van der Waals surface area contributed by atoms with Crippen molar-refractivity contribution in [2.75, 3.05) is 6.61 Å². The molecule has 2 unspecified atom stereocenters. The van der Waals surface area contributed by atoms with Crippen molar-refractivity contribution in [2.24, 2.45) is 17.8 Å². The van der Waals surface area contributed by atoms with Crippen LogP contribution in [0.2, 0.25) is 0 Å². The van der Waals surface area contributed by atoms with Gasteiger partial charge >= 0.3 is 0 Å². The first-order valence-corrected chi connectivity index (χ1v) is 4.40. The first-order valence-electron chi connectivity index (χ1n) is 4.40. The van der Waals surface area contributed by atoms with E-state index in [-0.39, 0.29) is 0 Å². The standard InChI is InChI=1S/C9H16O/c1-6-3-4-8-7(2)5-10-9(6)8/h6-9H,3-5H2,1-2H3/t6?,7?,8-,9-/m1/s1. The van der Waals surface area contributed by atoms with Crippen molar-refractivity contribution in [3.8, 4) is 0 Å². The zero-order chi connectivity index (χ0) is 7.14. The fourth-order valence-electron chi connectivity index (χ4n) is 2.49. The van der Waals surface area contributed by atoms with Gasteiger partial charge in [0, 0.05) is 6.61 Å². The molecular formula is C9H16O. The number of rotatable bonds is 0. The van der Waals surface area contributed by atoms with Crippen LogP contribution < -0.4 is 0 Å². The summed E-state index contributed by atoms with van der Waals surface area (Å²) >= 11 is 0. The topological polar surface area (TPSA) is 9.23 Å². The highest BCUT2D eigenvalue weighted by Gasteiger charge is 2.41. The number of hydrogen-bond donors (Lipinski definition) is 0. The first kappa shape index (κ1) is 6.66. The van der Waals surface area contributed by atoms with Gasteiger partial charge in [-0.25, -0.2) is 0 Å². The summed E-state index contributed by atoms with van der Waals surface area (Å²) in [6.45, 7) is 5.66. The SMILES string of the molecule is CC1CO[C@@H]2C(C)CC[C@H]12. The van der Waals surface area contributed by atoms with Crippen LogP contribution in [0, 0.1) is 17.8 Å². The summed E-state index contributed by atoms with van der Waals surface area (Å²) < 4.78 is 5.70. The highest BCUT2D eigenvalue weighted by molar-refractivity contribution is 4.90. The van der Waals surface area contributed by atoms with Crippen LogP contribution in [-0.2, 0) is 4.74 Å². The lowest BCUT2D eigenvalue weighted by Crippen LogP contribution is -2.16. The molecule has 10 heavy (non-hydrogen) atoms. The summed E-state index contributed by atoms with van der Waals surface area (Å²) in [6, 6.07) is 0. The van der Waals surface area contributed by atoms with Crippen LogP contribution in [-0.4, -0.2) is 12.7 Å². The van der Waals surface area contributed by atoms with Crippen LogP contribution in [0.1, 0.15) is 26.7 Å². The minimum absolute atomic E-state index is 0.620. The van der Waals surface area contributed by atoms with Crippen LogP contribution >= 0.6 is 0 Å². The smallest absolute Gasteiger partial charge is 0.0632 e. The Kier molecular flexibility index (Phi) is 1.48. The van der Waals surface area contributed by atoms with Gasteiger partial charge in [0.25, 0.3) is 0 Å². The van der Waals surface area contributed by atoms with Crippen LogP contribution in [0.25, 0.3) is 0 Å². The minimum atomic E-state index is 0.620. The van der Waals surface area contributed by atoms with Crippen molar-refractivity contribution in [1.29, 1.82) is 0 Å². The molecule has 0 amide bonds. The first-order chi connectivity index (χ1) is 4.79. The molecule has 2 fully saturated rings. The third-order valence-electron chi connectivity index (χ3n) is 3.22. The number of ether oxygens (including phenoxy) is 1. The fraction of sp³-hybridized carbons (Fsp3) is 1.00. The summed E-state index contributed by atoms with van der Waals surface area (Å²) in [5, 5.41) is 0. The molecule has 1 aliphatic carbocycles. The van der Waals surface area contributed by atoms with E-state index in [0.717, 1.165) is 24.4 Å². The van der Waals surface area contributed by atoms with E-state index in [9.17, 15) is 0 Å². The highest BCUT2D eigenvalue weighted by atomic mass is 16.5. The Morgan fingerprint density at radius 1 is 1.10 bits per heavy atom. The van der Waals surface area contributed by atoms with E-state index in [2.05, 4.69) is 13.8 Å². The molecule has 1 aliphatic heterocycles. The van der Waals surface area contributed by atoms with Gasteiger partial charge in [0.15, 0.2) is 0 Å². The van der Waals surface area contributed by atoms with Crippen LogP contribution in [0.15, 0.2) is 0 Å².